The van der Waals surface area contributed by atoms with Crippen LogP contribution in [-0.2, 0) is 10.9 Å². The number of nitrogens with zero attached hydrogens (tertiary/aromatic N) is 2. The average Bonchev–Trinajstić information content (AvgIpc) is 2.45. The normalized spacial score (nSPS) is 18.5. The number of halogens is 4. The zero-order valence-electron chi connectivity index (χ0n) is 12.2. The van der Waals surface area contributed by atoms with Crippen molar-refractivity contribution in [3.05, 3.63) is 23.6 Å². The van der Waals surface area contributed by atoms with E-state index in [9.17, 15) is 17.6 Å². The van der Waals surface area contributed by atoms with Crippen molar-refractivity contribution in [1.29, 1.82) is 0 Å². The third-order valence-electron chi connectivity index (χ3n) is 3.81. The molecule has 0 saturated carbocycles. The molecule has 1 fully saturated rings. The van der Waals surface area contributed by atoms with Crippen LogP contribution in [0.1, 0.15) is 25.3 Å². The van der Waals surface area contributed by atoms with Gasteiger partial charge in [0.15, 0.2) is 11.6 Å². The summed E-state index contributed by atoms with van der Waals surface area (Å²) in [4.78, 5) is 5.24. The van der Waals surface area contributed by atoms with Crippen LogP contribution in [0.4, 0.5) is 23.4 Å². The highest BCUT2D eigenvalue weighted by atomic mass is 19.4. The average molecular weight is 322 g/mol. The fourth-order valence-corrected chi connectivity index (χ4v) is 2.45. The lowest BCUT2D eigenvalue weighted by Gasteiger charge is -2.39. The van der Waals surface area contributed by atoms with Crippen molar-refractivity contribution in [2.45, 2.75) is 31.5 Å². The predicted octanol–water partition coefficient (Wildman–Crippen LogP) is 2.61. The summed E-state index contributed by atoms with van der Waals surface area (Å²) in [5, 5.41) is 8.78. The SMILES string of the molecule is CC1(OCCO)CCN(c2ncc(C(F)(F)F)cc2F)CC1. The number of rotatable bonds is 4. The van der Waals surface area contributed by atoms with Crippen LogP contribution in [0.15, 0.2) is 12.3 Å². The van der Waals surface area contributed by atoms with Crippen LogP contribution >= 0.6 is 0 Å². The van der Waals surface area contributed by atoms with Gasteiger partial charge in [0.1, 0.15) is 0 Å². The van der Waals surface area contributed by atoms with Gasteiger partial charge in [0.25, 0.3) is 0 Å². The molecule has 2 rings (SSSR count). The molecule has 0 spiro atoms. The summed E-state index contributed by atoms with van der Waals surface area (Å²) in [6.45, 7) is 2.91. The van der Waals surface area contributed by atoms with Crippen molar-refractivity contribution in [2.24, 2.45) is 0 Å². The molecular weight excluding hydrogens is 304 g/mol. The fraction of sp³-hybridized carbons (Fsp3) is 0.643. The van der Waals surface area contributed by atoms with E-state index >= 15 is 0 Å². The summed E-state index contributed by atoms with van der Waals surface area (Å²) in [5.74, 6) is -1.05. The Kier molecular flexibility index (Phi) is 4.91. The van der Waals surface area contributed by atoms with E-state index in [1.807, 2.05) is 6.92 Å². The van der Waals surface area contributed by atoms with E-state index in [2.05, 4.69) is 4.98 Å². The quantitative estimate of drug-likeness (QED) is 0.866. The summed E-state index contributed by atoms with van der Waals surface area (Å²) in [7, 11) is 0. The Morgan fingerprint density at radius 3 is 2.50 bits per heavy atom. The summed E-state index contributed by atoms with van der Waals surface area (Å²) < 4.78 is 57.0. The minimum absolute atomic E-state index is 0.0720. The minimum Gasteiger partial charge on any atom is -0.394 e. The van der Waals surface area contributed by atoms with Crippen LogP contribution < -0.4 is 4.90 Å². The first-order valence-corrected chi connectivity index (χ1v) is 6.98. The molecule has 4 nitrogen and oxygen atoms in total. The van der Waals surface area contributed by atoms with Crippen molar-refractivity contribution in [1.82, 2.24) is 4.98 Å². The number of aliphatic hydroxyl groups is 1. The van der Waals surface area contributed by atoms with Crippen molar-refractivity contribution < 1.29 is 27.4 Å². The van der Waals surface area contributed by atoms with E-state index in [1.165, 1.54) is 0 Å². The Balaban J connectivity index is 2.05. The van der Waals surface area contributed by atoms with Crippen LogP contribution in [0.25, 0.3) is 0 Å². The highest BCUT2D eigenvalue weighted by molar-refractivity contribution is 5.42. The molecule has 0 bridgehead atoms. The number of aliphatic hydroxyl groups excluding tert-OH is 1. The second-order valence-corrected chi connectivity index (χ2v) is 5.54. The molecule has 1 aromatic rings. The molecule has 0 amide bonds. The number of alkyl halides is 3. The van der Waals surface area contributed by atoms with Gasteiger partial charge in [0.05, 0.1) is 24.4 Å². The number of aromatic nitrogens is 1. The Hall–Kier alpha value is -1.41. The molecule has 0 unspecified atom stereocenters. The van der Waals surface area contributed by atoms with Gasteiger partial charge in [0, 0.05) is 19.3 Å². The maximum atomic E-state index is 13.9. The number of hydrogen-bond acceptors (Lipinski definition) is 4. The van der Waals surface area contributed by atoms with Gasteiger partial charge in [-0.2, -0.15) is 13.2 Å². The molecule has 0 aromatic carbocycles. The number of pyridine rings is 1. The fourth-order valence-electron chi connectivity index (χ4n) is 2.45. The van der Waals surface area contributed by atoms with Gasteiger partial charge in [-0.1, -0.05) is 0 Å². The smallest absolute Gasteiger partial charge is 0.394 e. The number of ether oxygens (including phenoxy) is 1. The summed E-state index contributed by atoms with van der Waals surface area (Å²) >= 11 is 0. The summed E-state index contributed by atoms with van der Waals surface area (Å²) in [5.41, 5.74) is -1.51. The third-order valence-corrected chi connectivity index (χ3v) is 3.81. The van der Waals surface area contributed by atoms with Crippen molar-refractivity contribution in [3.8, 4) is 0 Å². The first-order valence-electron chi connectivity index (χ1n) is 6.98. The van der Waals surface area contributed by atoms with E-state index in [4.69, 9.17) is 9.84 Å². The van der Waals surface area contributed by atoms with E-state index in [0.29, 0.717) is 38.2 Å². The van der Waals surface area contributed by atoms with E-state index in [-0.39, 0.29) is 19.0 Å². The molecule has 1 saturated heterocycles. The Morgan fingerprint density at radius 1 is 1.36 bits per heavy atom. The molecule has 1 N–H and O–H groups in total. The molecule has 0 atom stereocenters. The lowest BCUT2D eigenvalue weighted by atomic mass is 9.93. The maximum Gasteiger partial charge on any atom is 0.417 e. The van der Waals surface area contributed by atoms with Crippen LogP contribution in [0.5, 0.6) is 0 Å². The molecule has 1 aliphatic heterocycles. The molecule has 0 radical (unpaired) electrons. The van der Waals surface area contributed by atoms with Crippen LogP contribution in [0.3, 0.4) is 0 Å². The minimum atomic E-state index is -4.61. The zero-order valence-corrected chi connectivity index (χ0v) is 12.2. The number of hydrogen-bond donors (Lipinski definition) is 1. The Bertz CT molecular complexity index is 514. The largest absolute Gasteiger partial charge is 0.417 e. The summed E-state index contributed by atoms with van der Waals surface area (Å²) in [6, 6.07) is 0.471. The Labute approximate surface area is 125 Å². The predicted molar refractivity (Wildman–Crippen MR) is 72.1 cm³/mol. The van der Waals surface area contributed by atoms with Crippen molar-refractivity contribution in [2.75, 3.05) is 31.2 Å². The first-order chi connectivity index (χ1) is 10.2. The van der Waals surface area contributed by atoms with Crippen LogP contribution in [0, 0.1) is 5.82 Å². The maximum absolute atomic E-state index is 13.9. The van der Waals surface area contributed by atoms with Crippen LogP contribution in [-0.4, -0.2) is 42.0 Å². The van der Waals surface area contributed by atoms with E-state index in [0.717, 1.165) is 0 Å². The second-order valence-electron chi connectivity index (χ2n) is 5.54. The monoisotopic (exact) mass is 322 g/mol. The van der Waals surface area contributed by atoms with Crippen LogP contribution in [0.2, 0.25) is 0 Å². The second kappa shape index (κ2) is 6.37. The summed E-state index contributed by atoms with van der Waals surface area (Å²) in [6.07, 6.45) is -2.80. The molecule has 22 heavy (non-hydrogen) atoms. The van der Waals surface area contributed by atoms with Gasteiger partial charge in [0.2, 0.25) is 0 Å². The molecule has 2 heterocycles. The standard InChI is InChI=1S/C14H18F4N2O2/c1-13(22-7-6-21)2-4-20(5-3-13)12-11(15)8-10(9-19-12)14(16,17)18/h8-9,21H,2-7H2,1H3. The lowest BCUT2D eigenvalue weighted by molar-refractivity contribution is -0.138. The number of anilines is 1. The molecule has 1 aromatic heterocycles. The lowest BCUT2D eigenvalue weighted by Crippen LogP contribution is -2.45. The van der Waals surface area contributed by atoms with Gasteiger partial charge in [-0.3, -0.25) is 0 Å². The molecule has 124 valence electrons. The number of piperidine rings is 1. The third kappa shape index (κ3) is 3.86. The molecule has 1 aliphatic rings. The van der Waals surface area contributed by atoms with Gasteiger partial charge in [-0.05, 0) is 25.8 Å². The van der Waals surface area contributed by atoms with Crippen molar-refractivity contribution in [3.63, 3.8) is 0 Å². The molecule has 8 heteroatoms. The van der Waals surface area contributed by atoms with Gasteiger partial charge < -0.3 is 14.7 Å². The van der Waals surface area contributed by atoms with Gasteiger partial charge in [-0.25, -0.2) is 9.37 Å². The van der Waals surface area contributed by atoms with Gasteiger partial charge >= 0.3 is 6.18 Å². The molecule has 0 aliphatic carbocycles. The highest BCUT2D eigenvalue weighted by Crippen LogP contribution is 2.33. The topological polar surface area (TPSA) is 45.6 Å². The first kappa shape index (κ1) is 17.0. The van der Waals surface area contributed by atoms with E-state index < -0.39 is 23.2 Å². The molecular formula is C14H18F4N2O2. The van der Waals surface area contributed by atoms with Crippen molar-refractivity contribution >= 4 is 5.82 Å². The highest BCUT2D eigenvalue weighted by Gasteiger charge is 2.34. The Morgan fingerprint density at radius 2 is 2.00 bits per heavy atom. The zero-order chi connectivity index (χ0) is 16.4. The van der Waals surface area contributed by atoms with Gasteiger partial charge in [-0.15, -0.1) is 0 Å². The van der Waals surface area contributed by atoms with E-state index in [1.54, 1.807) is 4.90 Å².